The van der Waals surface area contributed by atoms with Gasteiger partial charge >= 0.3 is 18.4 Å². The maximum absolute atomic E-state index is 14.9. The second-order valence-electron chi connectivity index (χ2n) is 10.2. The first-order valence-electron chi connectivity index (χ1n) is 12.7. The Morgan fingerprint density at radius 3 is 2.00 bits per heavy atom. The van der Waals surface area contributed by atoms with Crippen molar-refractivity contribution in [1.82, 2.24) is 9.80 Å². The van der Waals surface area contributed by atoms with Crippen molar-refractivity contribution in [3.05, 3.63) is 64.7 Å². The first-order chi connectivity index (χ1) is 19.1. The van der Waals surface area contributed by atoms with Gasteiger partial charge < -0.3 is 14.5 Å². The van der Waals surface area contributed by atoms with E-state index in [2.05, 4.69) is 0 Å². The van der Waals surface area contributed by atoms with Crippen LogP contribution in [0.15, 0.2) is 36.4 Å². The molecule has 14 heteroatoms. The molecule has 0 spiro atoms. The molecule has 0 aliphatic carbocycles. The molecule has 6 nitrogen and oxygen atoms in total. The van der Waals surface area contributed by atoms with Crippen LogP contribution in [0.5, 0.6) is 0 Å². The molecule has 2 heterocycles. The van der Waals surface area contributed by atoms with Crippen LogP contribution in [0.1, 0.15) is 35.4 Å². The minimum absolute atomic E-state index is 0.0133. The predicted octanol–water partition coefficient (Wildman–Crippen LogP) is 5.91. The van der Waals surface area contributed by atoms with Gasteiger partial charge in [0.15, 0.2) is 0 Å². The standard InChI is InChI=1S/C27H27F8N3O3/c1-36(19-10-16(26(30,31)32)9-17(11-19)27(33,34)35)25(40)37(2)23-14-38(24(39)15-5-7-41-8-6-15)13-21(23)20-4-3-18(28)12-22(20)29/h3-4,9-12,15,21,23H,5-8,13-14H2,1-2H3/t21-,23+/m0/s1. The zero-order chi connectivity index (χ0) is 30.3. The van der Waals surface area contributed by atoms with Gasteiger partial charge in [-0.25, -0.2) is 13.6 Å². The highest BCUT2D eigenvalue weighted by Gasteiger charge is 2.44. The van der Waals surface area contributed by atoms with Gasteiger partial charge in [0, 0.05) is 64.0 Å². The second kappa shape index (κ2) is 11.5. The van der Waals surface area contributed by atoms with Crippen LogP contribution in [0.4, 0.5) is 45.6 Å². The van der Waals surface area contributed by atoms with Crippen molar-refractivity contribution in [2.75, 3.05) is 45.3 Å². The summed E-state index contributed by atoms with van der Waals surface area (Å²) in [5.41, 5.74) is -3.84. The molecule has 3 amide bonds. The van der Waals surface area contributed by atoms with Gasteiger partial charge in [0.05, 0.1) is 17.2 Å². The molecule has 0 saturated carbocycles. The number of likely N-dealkylation sites (N-methyl/N-ethyl adjacent to an activating group) is 1. The fraction of sp³-hybridized carbons (Fsp3) is 0.481. The molecule has 2 fully saturated rings. The smallest absolute Gasteiger partial charge is 0.381 e. The van der Waals surface area contributed by atoms with Crippen molar-refractivity contribution in [2.24, 2.45) is 5.92 Å². The van der Waals surface area contributed by atoms with E-state index >= 15 is 0 Å². The summed E-state index contributed by atoms with van der Waals surface area (Å²) in [5.74, 6) is -3.22. The Labute approximate surface area is 230 Å². The Morgan fingerprint density at radius 1 is 0.878 bits per heavy atom. The summed E-state index contributed by atoms with van der Waals surface area (Å²) >= 11 is 0. The second-order valence-corrected chi connectivity index (χ2v) is 10.2. The quantitative estimate of drug-likeness (QED) is 0.415. The van der Waals surface area contributed by atoms with Gasteiger partial charge in [0.1, 0.15) is 11.6 Å². The maximum atomic E-state index is 14.9. The van der Waals surface area contributed by atoms with E-state index in [1.807, 2.05) is 0 Å². The van der Waals surface area contributed by atoms with Crippen LogP contribution in [0.25, 0.3) is 0 Å². The van der Waals surface area contributed by atoms with Crippen molar-refractivity contribution in [3.8, 4) is 0 Å². The number of hydrogen-bond donors (Lipinski definition) is 0. The van der Waals surface area contributed by atoms with Crippen LogP contribution in [0, 0.1) is 17.6 Å². The van der Waals surface area contributed by atoms with E-state index in [4.69, 9.17) is 4.74 Å². The predicted molar refractivity (Wildman–Crippen MR) is 131 cm³/mol. The van der Waals surface area contributed by atoms with Crippen molar-refractivity contribution in [1.29, 1.82) is 0 Å². The van der Waals surface area contributed by atoms with Crippen molar-refractivity contribution in [3.63, 3.8) is 0 Å². The monoisotopic (exact) mass is 593 g/mol. The van der Waals surface area contributed by atoms with Crippen LogP contribution < -0.4 is 4.90 Å². The number of urea groups is 1. The van der Waals surface area contributed by atoms with Crippen LogP contribution in [0.2, 0.25) is 0 Å². The number of anilines is 1. The summed E-state index contributed by atoms with van der Waals surface area (Å²) in [4.78, 5) is 29.9. The number of alkyl halides is 6. The largest absolute Gasteiger partial charge is 0.416 e. The first-order valence-corrected chi connectivity index (χ1v) is 12.7. The van der Waals surface area contributed by atoms with Crippen molar-refractivity contribution in [2.45, 2.75) is 37.2 Å². The summed E-state index contributed by atoms with van der Waals surface area (Å²) in [5, 5.41) is 0. The molecule has 0 N–H and O–H groups in total. The summed E-state index contributed by atoms with van der Waals surface area (Å²) in [6.45, 7) is 0.643. The lowest BCUT2D eigenvalue weighted by Gasteiger charge is -2.33. The average molecular weight is 594 g/mol. The molecule has 41 heavy (non-hydrogen) atoms. The molecular weight excluding hydrogens is 566 g/mol. The Balaban J connectivity index is 1.66. The lowest BCUT2D eigenvalue weighted by Crippen LogP contribution is -2.48. The molecule has 0 radical (unpaired) electrons. The lowest BCUT2D eigenvalue weighted by molar-refractivity contribution is -0.143. The number of nitrogens with zero attached hydrogens (tertiary/aromatic N) is 3. The highest BCUT2D eigenvalue weighted by molar-refractivity contribution is 5.92. The van der Waals surface area contributed by atoms with Crippen LogP contribution in [-0.2, 0) is 21.9 Å². The molecule has 224 valence electrons. The molecule has 2 aromatic carbocycles. The Hall–Kier alpha value is -3.42. The van der Waals surface area contributed by atoms with E-state index in [1.165, 1.54) is 18.0 Å². The maximum Gasteiger partial charge on any atom is 0.416 e. The molecule has 2 saturated heterocycles. The zero-order valence-electron chi connectivity index (χ0n) is 22.0. The average Bonchev–Trinajstić information content (AvgIpc) is 3.35. The van der Waals surface area contributed by atoms with Crippen molar-refractivity contribution >= 4 is 17.6 Å². The highest BCUT2D eigenvalue weighted by Crippen LogP contribution is 2.39. The lowest BCUT2D eigenvalue weighted by atomic mass is 9.93. The van der Waals surface area contributed by atoms with Crippen LogP contribution in [0.3, 0.4) is 0 Å². The summed E-state index contributed by atoms with van der Waals surface area (Å²) in [7, 11) is 2.28. The van der Waals surface area contributed by atoms with E-state index < -0.39 is 58.8 Å². The van der Waals surface area contributed by atoms with E-state index in [1.54, 1.807) is 0 Å². The fourth-order valence-corrected chi connectivity index (χ4v) is 5.29. The summed E-state index contributed by atoms with van der Waals surface area (Å²) < 4.78 is 114. The summed E-state index contributed by atoms with van der Waals surface area (Å²) in [6, 6.07) is 1.75. The number of rotatable bonds is 4. The van der Waals surface area contributed by atoms with E-state index in [0.717, 1.165) is 18.0 Å². The number of carbonyl (C=O) groups is 2. The van der Waals surface area contributed by atoms with E-state index in [9.17, 15) is 44.7 Å². The van der Waals surface area contributed by atoms with Gasteiger partial charge in [-0.1, -0.05) is 6.07 Å². The highest BCUT2D eigenvalue weighted by atomic mass is 19.4. The summed E-state index contributed by atoms with van der Waals surface area (Å²) in [6.07, 6.45) is -9.31. The first kappa shape index (κ1) is 30.5. The van der Waals surface area contributed by atoms with Gasteiger partial charge in [-0.05, 0) is 42.7 Å². The zero-order valence-corrected chi connectivity index (χ0v) is 22.0. The Kier molecular flexibility index (Phi) is 8.53. The molecule has 0 aromatic heterocycles. The molecule has 4 rings (SSSR count). The minimum atomic E-state index is -5.12. The van der Waals surface area contributed by atoms with Gasteiger partial charge in [0.2, 0.25) is 5.91 Å². The fourth-order valence-electron chi connectivity index (χ4n) is 5.29. The number of likely N-dealkylation sites (tertiary alicyclic amines) is 1. The minimum Gasteiger partial charge on any atom is -0.381 e. The van der Waals surface area contributed by atoms with Gasteiger partial charge in [-0.2, -0.15) is 26.3 Å². The molecule has 2 atom stereocenters. The van der Waals surface area contributed by atoms with Crippen molar-refractivity contribution < 1.29 is 49.4 Å². The van der Waals surface area contributed by atoms with Crippen LogP contribution in [-0.4, -0.2) is 68.2 Å². The topological polar surface area (TPSA) is 53.1 Å². The van der Waals surface area contributed by atoms with Gasteiger partial charge in [-0.3, -0.25) is 9.69 Å². The molecule has 2 aliphatic rings. The number of carbonyl (C=O) groups excluding carboxylic acids is 2. The number of amides is 3. The molecular formula is C27H27F8N3O3. The normalized spacial score (nSPS) is 20.3. The number of benzene rings is 2. The van der Waals surface area contributed by atoms with E-state index in [-0.39, 0.29) is 36.5 Å². The third-order valence-electron chi connectivity index (χ3n) is 7.58. The third-order valence-corrected chi connectivity index (χ3v) is 7.58. The Bertz CT molecular complexity index is 1260. The molecule has 0 bridgehead atoms. The number of hydrogen-bond acceptors (Lipinski definition) is 3. The van der Waals surface area contributed by atoms with Gasteiger partial charge in [-0.15, -0.1) is 0 Å². The van der Waals surface area contributed by atoms with E-state index in [0.29, 0.717) is 49.2 Å². The number of ether oxygens (including phenoxy) is 1. The SMILES string of the molecule is CN(C(=O)N(C)[C@@H]1CN(C(=O)C2CCOCC2)C[C@H]1c1ccc(F)cc1F)c1cc(C(F)(F)F)cc(C(F)(F)F)c1. The molecule has 2 aromatic rings. The van der Waals surface area contributed by atoms with Crippen LogP contribution >= 0.6 is 0 Å². The Morgan fingerprint density at radius 2 is 1.46 bits per heavy atom. The van der Waals surface area contributed by atoms with Gasteiger partial charge in [0.25, 0.3) is 0 Å². The number of halogens is 8. The molecule has 0 unspecified atom stereocenters. The molecule has 2 aliphatic heterocycles. The third kappa shape index (κ3) is 6.57.